The maximum atomic E-state index is 3.75. The minimum absolute atomic E-state index is 0.104. The molecule has 1 aromatic rings. The van der Waals surface area contributed by atoms with Crippen molar-refractivity contribution in [2.75, 3.05) is 0 Å². The Balaban J connectivity index is 1.96. The molecule has 0 amide bonds. The second kappa shape index (κ2) is 6.21. The molecule has 1 unspecified atom stereocenters. The van der Waals surface area contributed by atoms with Crippen molar-refractivity contribution in [3.8, 4) is 0 Å². The monoisotopic (exact) mass is 255 g/mol. The van der Waals surface area contributed by atoms with E-state index in [2.05, 4.69) is 74.6 Å². The quantitative estimate of drug-likeness (QED) is 0.829. The largest absolute Gasteiger partial charge is 0.305 e. The Morgan fingerprint density at radius 2 is 1.89 bits per heavy atom. The first-order valence-electron chi connectivity index (χ1n) is 7.25. The van der Waals surface area contributed by atoms with E-state index in [1.165, 1.54) is 24.0 Å². The molecule has 1 N–H and O–H groups in total. The van der Waals surface area contributed by atoms with E-state index >= 15 is 0 Å². The normalized spacial score (nSPS) is 17.1. The zero-order valence-electron chi connectivity index (χ0n) is 12.3. The summed E-state index contributed by atoms with van der Waals surface area (Å²) in [7, 11) is 0. The summed E-state index contributed by atoms with van der Waals surface area (Å²) in [6.45, 7) is 6.82. The van der Waals surface area contributed by atoms with Gasteiger partial charge in [-0.15, -0.1) is 0 Å². The lowest BCUT2D eigenvalue weighted by atomic mass is 9.92. The standard InChI is InChI=1S/C18H25N/c1-15(17-12-8-5-9-13-17)19-18(2,3)14-16-10-6-4-7-11-16/h4,6-8,10-13,15,19H,5,9,14H2,1-3H3. The smallest absolute Gasteiger partial charge is 0.0293 e. The van der Waals surface area contributed by atoms with Crippen molar-refractivity contribution < 1.29 is 0 Å². The van der Waals surface area contributed by atoms with Gasteiger partial charge in [0.15, 0.2) is 0 Å². The molecule has 19 heavy (non-hydrogen) atoms. The molecule has 1 aromatic carbocycles. The molecule has 1 aliphatic carbocycles. The topological polar surface area (TPSA) is 12.0 Å². The lowest BCUT2D eigenvalue weighted by Gasteiger charge is -2.31. The van der Waals surface area contributed by atoms with E-state index in [1.54, 1.807) is 0 Å². The van der Waals surface area contributed by atoms with Gasteiger partial charge in [0.1, 0.15) is 0 Å². The lowest BCUT2D eigenvalue weighted by Crippen LogP contribution is -2.47. The van der Waals surface area contributed by atoms with Crippen LogP contribution in [-0.2, 0) is 6.42 Å². The Bertz CT molecular complexity index is 454. The summed E-state index contributed by atoms with van der Waals surface area (Å²) in [6.07, 6.45) is 10.3. The molecule has 0 fully saturated rings. The highest BCUT2D eigenvalue weighted by atomic mass is 15.0. The molecule has 0 aromatic heterocycles. The van der Waals surface area contributed by atoms with Crippen LogP contribution in [0.3, 0.4) is 0 Å². The number of hydrogen-bond donors (Lipinski definition) is 1. The minimum atomic E-state index is 0.104. The number of nitrogens with one attached hydrogen (secondary N) is 1. The molecule has 1 heteroatoms. The number of rotatable bonds is 5. The summed E-state index contributed by atoms with van der Waals surface area (Å²) < 4.78 is 0. The van der Waals surface area contributed by atoms with Crippen molar-refractivity contribution in [2.24, 2.45) is 0 Å². The molecule has 0 heterocycles. The molecule has 102 valence electrons. The van der Waals surface area contributed by atoms with E-state index in [-0.39, 0.29) is 5.54 Å². The average Bonchev–Trinajstić information content (AvgIpc) is 2.39. The molecule has 1 atom stereocenters. The summed E-state index contributed by atoms with van der Waals surface area (Å²) in [5.41, 5.74) is 2.92. The lowest BCUT2D eigenvalue weighted by molar-refractivity contribution is 0.362. The van der Waals surface area contributed by atoms with Gasteiger partial charge in [0.2, 0.25) is 0 Å². The Morgan fingerprint density at radius 3 is 2.53 bits per heavy atom. The highest BCUT2D eigenvalue weighted by Gasteiger charge is 2.21. The van der Waals surface area contributed by atoms with Crippen LogP contribution in [0.1, 0.15) is 39.2 Å². The van der Waals surface area contributed by atoms with Gasteiger partial charge in [0.05, 0.1) is 0 Å². The fourth-order valence-corrected chi connectivity index (χ4v) is 2.78. The molecule has 0 bridgehead atoms. The highest BCUT2D eigenvalue weighted by molar-refractivity contribution is 5.27. The SMILES string of the molecule is CC(NC(C)(C)Cc1ccccc1)C1=CCCC=C1. The second-order valence-corrected chi connectivity index (χ2v) is 6.10. The van der Waals surface area contributed by atoms with Gasteiger partial charge >= 0.3 is 0 Å². The van der Waals surface area contributed by atoms with Crippen LogP contribution in [0.5, 0.6) is 0 Å². The van der Waals surface area contributed by atoms with E-state index in [9.17, 15) is 0 Å². The molecule has 1 nitrogen and oxygen atoms in total. The van der Waals surface area contributed by atoms with Gasteiger partial charge in [0, 0.05) is 11.6 Å². The van der Waals surface area contributed by atoms with Crippen LogP contribution in [0.4, 0.5) is 0 Å². The molecular weight excluding hydrogens is 230 g/mol. The molecule has 2 rings (SSSR count). The number of benzene rings is 1. The zero-order valence-corrected chi connectivity index (χ0v) is 12.3. The van der Waals surface area contributed by atoms with Gasteiger partial charge in [-0.3, -0.25) is 0 Å². The first-order chi connectivity index (χ1) is 9.07. The predicted octanol–water partition coefficient (Wildman–Crippen LogP) is 4.26. The van der Waals surface area contributed by atoms with Crippen molar-refractivity contribution in [2.45, 2.75) is 51.6 Å². The van der Waals surface area contributed by atoms with E-state index in [0.29, 0.717) is 6.04 Å². The minimum Gasteiger partial charge on any atom is -0.305 e. The van der Waals surface area contributed by atoms with Crippen LogP contribution in [0.25, 0.3) is 0 Å². The summed E-state index contributed by atoms with van der Waals surface area (Å²) in [4.78, 5) is 0. The molecule has 0 spiro atoms. The third-order valence-corrected chi connectivity index (χ3v) is 3.62. The molecule has 0 radical (unpaired) electrons. The van der Waals surface area contributed by atoms with E-state index in [4.69, 9.17) is 0 Å². The fourth-order valence-electron chi connectivity index (χ4n) is 2.78. The van der Waals surface area contributed by atoms with Crippen LogP contribution in [0, 0.1) is 0 Å². The van der Waals surface area contributed by atoms with Gasteiger partial charge in [0.25, 0.3) is 0 Å². The Kier molecular flexibility index (Phi) is 4.60. The summed E-state index contributed by atoms with van der Waals surface area (Å²) in [6, 6.07) is 11.1. The highest BCUT2D eigenvalue weighted by Crippen LogP contribution is 2.18. The van der Waals surface area contributed by atoms with Crippen molar-refractivity contribution >= 4 is 0 Å². The van der Waals surface area contributed by atoms with Crippen molar-refractivity contribution in [3.05, 3.63) is 59.7 Å². The fraction of sp³-hybridized carbons (Fsp3) is 0.444. The molecule has 0 saturated heterocycles. The van der Waals surface area contributed by atoms with E-state index in [1.807, 2.05) is 0 Å². The van der Waals surface area contributed by atoms with Gasteiger partial charge in [-0.05, 0) is 51.2 Å². The van der Waals surface area contributed by atoms with Crippen molar-refractivity contribution in [1.82, 2.24) is 5.32 Å². The molecular formula is C18H25N. The predicted molar refractivity (Wildman–Crippen MR) is 83.3 cm³/mol. The summed E-state index contributed by atoms with van der Waals surface area (Å²) in [5.74, 6) is 0. The Morgan fingerprint density at radius 1 is 1.16 bits per heavy atom. The van der Waals surface area contributed by atoms with Crippen LogP contribution in [-0.4, -0.2) is 11.6 Å². The van der Waals surface area contributed by atoms with Gasteiger partial charge in [-0.1, -0.05) is 48.6 Å². The zero-order chi connectivity index (χ0) is 13.7. The maximum Gasteiger partial charge on any atom is 0.0293 e. The second-order valence-electron chi connectivity index (χ2n) is 6.10. The molecule has 1 aliphatic rings. The average molecular weight is 255 g/mol. The maximum absolute atomic E-state index is 3.75. The van der Waals surface area contributed by atoms with E-state index < -0.39 is 0 Å². The third kappa shape index (κ3) is 4.36. The Labute approximate surface area is 117 Å². The van der Waals surface area contributed by atoms with Gasteiger partial charge < -0.3 is 5.32 Å². The third-order valence-electron chi connectivity index (χ3n) is 3.62. The van der Waals surface area contributed by atoms with Crippen molar-refractivity contribution in [1.29, 1.82) is 0 Å². The Hall–Kier alpha value is -1.34. The first-order valence-corrected chi connectivity index (χ1v) is 7.25. The number of allylic oxidation sites excluding steroid dienone is 2. The molecule has 0 saturated carbocycles. The van der Waals surface area contributed by atoms with Crippen LogP contribution in [0.15, 0.2) is 54.1 Å². The first kappa shape index (κ1) is 14.1. The van der Waals surface area contributed by atoms with E-state index in [0.717, 1.165) is 6.42 Å². The van der Waals surface area contributed by atoms with Crippen LogP contribution < -0.4 is 5.32 Å². The van der Waals surface area contributed by atoms with Crippen LogP contribution in [0.2, 0.25) is 0 Å². The summed E-state index contributed by atoms with van der Waals surface area (Å²) in [5, 5.41) is 3.75. The molecule has 0 aliphatic heterocycles. The summed E-state index contributed by atoms with van der Waals surface area (Å²) >= 11 is 0. The van der Waals surface area contributed by atoms with Crippen LogP contribution >= 0.6 is 0 Å². The van der Waals surface area contributed by atoms with Gasteiger partial charge in [-0.25, -0.2) is 0 Å². The number of hydrogen-bond acceptors (Lipinski definition) is 1. The van der Waals surface area contributed by atoms with Crippen molar-refractivity contribution in [3.63, 3.8) is 0 Å². The van der Waals surface area contributed by atoms with Gasteiger partial charge in [-0.2, -0.15) is 0 Å².